The highest BCUT2D eigenvalue weighted by molar-refractivity contribution is 7.80. The first-order valence-electron chi connectivity index (χ1n) is 5.48. The Labute approximate surface area is 94.1 Å². The molecule has 1 aliphatic heterocycles. The zero-order valence-electron chi connectivity index (χ0n) is 9.95. The van der Waals surface area contributed by atoms with Crippen molar-refractivity contribution >= 4 is 12.6 Å². The van der Waals surface area contributed by atoms with Crippen LogP contribution in [-0.2, 0) is 0 Å². The Morgan fingerprint density at radius 1 is 1.36 bits per heavy atom. The van der Waals surface area contributed by atoms with Crippen LogP contribution in [0.5, 0.6) is 0 Å². The number of likely N-dealkylation sites (N-methyl/N-ethyl adjacent to an activating group) is 1. The van der Waals surface area contributed by atoms with Crippen molar-refractivity contribution in [2.75, 3.05) is 39.0 Å². The van der Waals surface area contributed by atoms with Crippen molar-refractivity contribution in [3.8, 4) is 0 Å². The average molecular weight is 216 g/mol. The van der Waals surface area contributed by atoms with E-state index >= 15 is 0 Å². The van der Waals surface area contributed by atoms with Gasteiger partial charge in [-0.1, -0.05) is 13.8 Å². The van der Waals surface area contributed by atoms with Gasteiger partial charge in [0.1, 0.15) is 0 Å². The zero-order valence-corrected chi connectivity index (χ0v) is 10.8. The fourth-order valence-electron chi connectivity index (χ4n) is 1.92. The number of piperazine rings is 1. The van der Waals surface area contributed by atoms with Gasteiger partial charge in [0, 0.05) is 32.2 Å². The first-order chi connectivity index (χ1) is 6.44. The van der Waals surface area contributed by atoms with Crippen molar-refractivity contribution in [2.45, 2.75) is 26.8 Å². The third-order valence-electron chi connectivity index (χ3n) is 3.12. The van der Waals surface area contributed by atoms with Crippen LogP contribution in [0.1, 0.15) is 20.8 Å². The molecule has 1 aliphatic rings. The van der Waals surface area contributed by atoms with Crippen LogP contribution >= 0.6 is 12.6 Å². The van der Waals surface area contributed by atoms with E-state index in [9.17, 15) is 0 Å². The molecule has 1 rings (SSSR count). The van der Waals surface area contributed by atoms with Crippen molar-refractivity contribution in [3.05, 3.63) is 0 Å². The van der Waals surface area contributed by atoms with E-state index in [-0.39, 0.29) is 0 Å². The molecule has 14 heavy (non-hydrogen) atoms. The summed E-state index contributed by atoms with van der Waals surface area (Å²) in [6, 6.07) is 0.694. The lowest BCUT2D eigenvalue weighted by Gasteiger charge is -2.40. The smallest absolute Gasteiger partial charge is 0.0192 e. The maximum absolute atomic E-state index is 4.40. The van der Waals surface area contributed by atoms with Crippen LogP contribution in [0.25, 0.3) is 0 Å². The van der Waals surface area contributed by atoms with Crippen LogP contribution in [0.15, 0.2) is 0 Å². The van der Waals surface area contributed by atoms with Crippen molar-refractivity contribution < 1.29 is 0 Å². The SMILES string of the molecule is CC1CN(CC(C)(C)CS)CCN1C. The summed E-state index contributed by atoms with van der Waals surface area (Å²) in [4.78, 5) is 5.01. The molecule has 1 heterocycles. The van der Waals surface area contributed by atoms with E-state index in [0.717, 1.165) is 5.75 Å². The molecule has 84 valence electrons. The van der Waals surface area contributed by atoms with E-state index in [1.54, 1.807) is 0 Å². The van der Waals surface area contributed by atoms with Crippen LogP contribution in [-0.4, -0.2) is 54.8 Å². The fourth-order valence-corrected chi connectivity index (χ4v) is 2.02. The van der Waals surface area contributed by atoms with Crippen molar-refractivity contribution in [1.82, 2.24) is 9.80 Å². The molecule has 1 unspecified atom stereocenters. The Kier molecular flexibility index (Phi) is 4.29. The second kappa shape index (κ2) is 4.86. The van der Waals surface area contributed by atoms with Gasteiger partial charge in [0.2, 0.25) is 0 Å². The molecule has 0 aromatic carbocycles. The Balaban J connectivity index is 2.40. The molecule has 0 aromatic heterocycles. The van der Waals surface area contributed by atoms with E-state index in [2.05, 4.69) is 50.2 Å². The molecule has 0 spiro atoms. The molecular weight excluding hydrogens is 192 g/mol. The summed E-state index contributed by atoms with van der Waals surface area (Å²) < 4.78 is 0. The molecular formula is C11H24N2S. The monoisotopic (exact) mass is 216 g/mol. The highest BCUT2D eigenvalue weighted by Gasteiger charge is 2.25. The van der Waals surface area contributed by atoms with Gasteiger partial charge in [-0.15, -0.1) is 0 Å². The van der Waals surface area contributed by atoms with Crippen LogP contribution in [0.3, 0.4) is 0 Å². The fraction of sp³-hybridized carbons (Fsp3) is 1.00. The lowest BCUT2D eigenvalue weighted by molar-refractivity contribution is 0.0806. The summed E-state index contributed by atoms with van der Waals surface area (Å²) in [5, 5.41) is 0. The second-order valence-corrected chi connectivity index (χ2v) is 5.70. The summed E-state index contributed by atoms with van der Waals surface area (Å²) in [5.74, 6) is 0.966. The van der Waals surface area contributed by atoms with Gasteiger partial charge < -0.3 is 4.90 Å². The lowest BCUT2D eigenvalue weighted by atomic mass is 9.95. The number of hydrogen-bond acceptors (Lipinski definition) is 3. The van der Waals surface area contributed by atoms with Gasteiger partial charge in [-0.2, -0.15) is 12.6 Å². The van der Waals surface area contributed by atoms with E-state index in [0.29, 0.717) is 11.5 Å². The summed E-state index contributed by atoms with van der Waals surface area (Å²) in [7, 11) is 2.21. The predicted molar refractivity (Wildman–Crippen MR) is 66.2 cm³/mol. The molecule has 3 heteroatoms. The lowest BCUT2D eigenvalue weighted by Crippen LogP contribution is -2.52. The Bertz CT molecular complexity index is 182. The molecule has 0 amide bonds. The predicted octanol–water partition coefficient (Wildman–Crippen LogP) is 1.58. The van der Waals surface area contributed by atoms with Gasteiger partial charge in [0.05, 0.1) is 0 Å². The third-order valence-corrected chi connectivity index (χ3v) is 3.98. The molecule has 1 fully saturated rings. The van der Waals surface area contributed by atoms with Gasteiger partial charge in [0.15, 0.2) is 0 Å². The van der Waals surface area contributed by atoms with Gasteiger partial charge in [-0.3, -0.25) is 4.90 Å². The minimum Gasteiger partial charge on any atom is -0.301 e. The number of rotatable bonds is 3. The quantitative estimate of drug-likeness (QED) is 0.716. The molecule has 0 radical (unpaired) electrons. The standard InChI is InChI=1S/C11H24N2S/c1-10-7-13(6-5-12(10)4)8-11(2,3)9-14/h10,14H,5-9H2,1-4H3. The minimum atomic E-state index is 0.346. The molecule has 0 saturated carbocycles. The van der Waals surface area contributed by atoms with Gasteiger partial charge in [0.25, 0.3) is 0 Å². The molecule has 0 bridgehead atoms. The van der Waals surface area contributed by atoms with Crippen LogP contribution < -0.4 is 0 Å². The topological polar surface area (TPSA) is 6.48 Å². The highest BCUT2D eigenvalue weighted by Crippen LogP contribution is 2.20. The Morgan fingerprint density at radius 3 is 2.50 bits per heavy atom. The minimum absolute atomic E-state index is 0.346. The second-order valence-electron chi connectivity index (χ2n) is 5.39. The molecule has 2 nitrogen and oxygen atoms in total. The molecule has 1 saturated heterocycles. The maximum Gasteiger partial charge on any atom is 0.0192 e. The van der Waals surface area contributed by atoms with Gasteiger partial charge in [-0.25, -0.2) is 0 Å². The molecule has 0 N–H and O–H groups in total. The number of hydrogen-bond donors (Lipinski definition) is 1. The molecule has 1 atom stereocenters. The number of nitrogens with zero attached hydrogens (tertiary/aromatic N) is 2. The highest BCUT2D eigenvalue weighted by atomic mass is 32.1. The van der Waals surface area contributed by atoms with Crippen molar-refractivity contribution in [2.24, 2.45) is 5.41 Å². The third kappa shape index (κ3) is 3.44. The van der Waals surface area contributed by atoms with E-state index in [1.807, 2.05) is 0 Å². The first kappa shape index (κ1) is 12.3. The summed E-state index contributed by atoms with van der Waals surface area (Å²) in [5.41, 5.74) is 0.346. The normalized spacial score (nSPS) is 26.8. The van der Waals surface area contributed by atoms with E-state index in [4.69, 9.17) is 0 Å². The van der Waals surface area contributed by atoms with Crippen LogP contribution in [0.4, 0.5) is 0 Å². The van der Waals surface area contributed by atoms with Crippen molar-refractivity contribution in [1.29, 1.82) is 0 Å². The maximum atomic E-state index is 4.40. The van der Waals surface area contributed by atoms with Gasteiger partial charge >= 0.3 is 0 Å². The molecule has 0 aromatic rings. The summed E-state index contributed by atoms with van der Waals surface area (Å²) in [6.45, 7) is 11.7. The molecule has 0 aliphatic carbocycles. The largest absolute Gasteiger partial charge is 0.301 e. The van der Waals surface area contributed by atoms with Crippen molar-refractivity contribution in [3.63, 3.8) is 0 Å². The van der Waals surface area contributed by atoms with Gasteiger partial charge in [-0.05, 0) is 25.1 Å². The van der Waals surface area contributed by atoms with Crippen LogP contribution in [0.2, 0.25) is 0 Å². The van der Waals surface area contributed by atoms with E-state index < -0.39 is 0 Å². The van der Waals surface area contributed by atoms with E-state index in [1.165, 1.54) is 26.2 Å². The Hall–Kier alpha value is 0.270. The Morgan fingerprint density at radius 2 is 2.00 bits per heavy atom. The van der Waals surface area contributed by atoms with Crippen LogP contribution in [0, 0.1) is 5.41 Å². The average Bonchev–Trinajstić information content (AvgIpc) is 2.11. The first-order valence-corrected chi connectivity index (χ1v) is 6.11. The zero-order chi connectivity index (χ0) is 10.8. The summed E-state index contributed by atoms with van der Waals surface area (Å²) in [6.07, 6.45) is 0. The number of thiol groups is 1. The summed E-state index contributed by atoms with van der Waals surface area (Å²) >= 11 is 4.40.